The molecule has 0 spiro atoms. The molecule has 23 nitrogen and oxygen atoms in total. The number of amides is 1. The maximum absolute atomic E-state index is 11.7. The van der Waals surface area contributed by atoms with Crippen LogP contribution >= 0.6 is 0 Å². The number of β-amino-alcohol motifs (C(OH)–C–C–N with tert-alkyl or cyclic N) is 1. The molecule has 8 N–H and O–H groups in total. The Hall–Kier alpha value is -12.0. The van der Waals surface area contributed by atoms with E-state index in [0.717, 1.165) is 258 Å². The lowest BCUT2D eigenvalue weighted by molar-refractivity contribution is -0.131. The maximum atomic E-state index is 11.7. The van der Waals surface area contributed by atoms with Gasteiger partial charge in [0, 0.05) is 202 Å². The molecule has 0 radical (unpaired) electrons. The number of piperidine rings is 1. The molecule has 21 rings (SSSR count). The van der Waals surface area contributed by atoms with Crippen LogP contribution in [0.3, 0.4) is 0 Å². The standard InChI is InChI=1S/C31H31N7O.C31H33N7O.C30H30N6O/c1-20(39)36-13-15-37(16-14-36)25-17-24(18-25)31-35-28(29-30(32)33-11-12-38(29)31)23-8-7-22-9-10-26(34-27(22)19-23)21-5-3-2-4-6-21;32-30-29-28(23-7-6-22-8-9-26(34-27(22)20-23)21-4-2-1-3-5-21)35-31(38(29)11-10-33-30)24-18-25(19-24)37-14-12-36(13-15-37)16-17-39;31-29-28-27(21-7-6-20-8-9-25(33-26(20)18-21)19-4-2-1-3-5-19)34-30(36(28)15-12-32-29)22-16-23(17-22)35-13-10-24(37)11-14-35/h2-12,19,24-25H,13-18H2,1H3,(H2,32,33);1-11,20,24-25,39H,12-19H2,(H2,32,33);1-9,12,15,18,22-24,37H,10-11,13-14,16-17H2,(H2,31,32). The largest absolute Gasteiger partial charge is 0.395 e. The number of anilines is 3. The fourth-order valence-electron chi connectivity index (χ4n) is 18.3. The van der Waals surface area contributed by atoms with Crippen molar-refractivity contribution in [3.8, 4) is 67.5 Å². The summed E-state index contributed by atoms with van der Waals surface area (Å²) in [5.74, 6) is 5.91. The minimum atomic E-state index is -0.137. The molecule has 580 valence electrons. The predicted molar refractivity (Wildman–Crippen MR) is 454 cm³/mol. The predicted octanol–water partition coefficient (Wildman–Crippen LogP) is 13.5. The van der Waals surface area contributed by atoms with Crippen LogP contribution < -0.4 is 17.2 Å². The number of aromatic nitrogens is 12. The summed E-state index contributed by atoms with van der Waals surface area (Å²) in [4.78, 5) is 67.3. The Labute approximate surface area is 666 Å². The summed E-state index contributed by atoms with van der Waals surface area (Å²) in [7, 11) is 0. The van der Waals surface area contributed by atoms with Crippen LogP contribution in [0.5, 0.6) is 0 Å². The normalized spacial score (nSPS) is 20.4. The Morgan fingerprint density at radius 1 is 0.391 bits per heavy atom. The number of carbonyl (C=O) groups excluding carboxylic acids is 1. The Bertz CT molecular complexity index is 6050. The zero-order valence-electron chi connectivity index (χ0n) is 64.6. The molecule has 6 aliphatic rings. The number of piperazine rings is 2. The van der Waals surface area contributed by atoms with Gasteiger partial charge in [-0.2, -0.15) is 0 Å². The molecule has 9 aromatic heterocycles. The Morgan fingerprint density at radius 3 is 1.04 bits per heavy atom. The monoisotopic (exact) mass is 1530 g/mol. The lowest BCUT2D eigenvalue weighted by Gasteiger charge is -2.46. The zero-order valence-corrected chi connectivity index (χ0v) is 64.6. The van der Waals surface area contributed by atoms with Crippen LogP contribution in [0.15, 0.2) is 219 Å². The number of nitrogens with zero attached hydrogens (tertiary/aromatic N) is 17. The first-order valence-electron chi connectivity index (χ1n) is 40.6. The van der Waals surface area contributed by atoms with E-state index in [1.807, 2.05) is 78.1 Å². The van der Waals surface area contributed by atoms with Gasteiger partial charge in [0.25, 0.3) is 0 Å². The molecule has 3 aliphatic heterocycles. The molecule has 3 saturated carbocycles. The molecule has 1 amide bonds. The highest BCUT2D eigenvalue weighted by Crippen LogP contribution is 2.47. The van der Waals surface area contributed by atoms with E-state index in [0.29, 0.717) is 53.3 Å². The van der Waals surface area contributed by atoms with Crippen molar-refractivity contribution in [1.82, 2.24) is 82.6 Å². The zero-order chi connectivity index (χ0) is 77.8. The fraction of sp³-hybridized carbons (Fsp3) is 0.304. The van der Waals surface area contributed by atoms with Crippen molar-refractivity contribution >= 4 is 72.6 Å². The van der Waals surface area contributed by atoms with Crippen molar-refractivity contribution in [2.75, 3.05) is 95.8 Å². The molecular formula is C92H94N20O3. The molecule has 3 saturated heterocycles. The van der Waals surface area contributed by atoms with Gasteiger partial charge in [-0.3, -0.25) is 32.7 Å². The van der Waals surface area contributed by atoms with Gasteiger partial charge in [0.2, 0.25) is 5.91 Å². The number of hydrogen-bond donors (Lipinski definition) is 5. The van der Waals surface area contributed by atoms with Gasteiger partial charge in [-0.05, 0) is 87.8 Å². The van der Waals surface area contributed by atoms with Crippen molar-refractivity contribution in [3.05, 3.63) is 237 Å². The Morgan fingerprint density at radius 2 is 0.713 bits per heavy atom. The van der Waals surface area contributed by atoms with Gasteiger partial charge in [-0.25, -0.2) is 44.9 Å². The molecule has 0 unspecified atom stereocenters. The van der Waals surface area contributed by atoms with Gasteiger partial charge < -0.3 is 37.2 Å². The summed E-state index contributed by atoms with van der Waals surface area (Å²) in [6.45, 7) is 12.3. The molecular weight excluding hydrogens is 1430 g/mol. The van der Waals surface area contributed by atoms with Crippen LogP contribution in [0.1, 0.15) is 93.5 Å². The van der Waals surface area contributed by atoms with Gasteiger partial charge in [-0.15, -0.1) is 0 Å². The van der Waals surface area contributed by atoms with Gasteiger partial charge >= 0.3 is 0 Å². The third-order valence-corrected chi connectivity index (χ3v) is 25.0. The van der Waals surface area contributed by atoms with Crippen LogP contribution in [-0.4, -0.2) is 202 Å². The Balaban J connectivity index is 0.000000115. The first-order chi connectivity index (χ1) is 56.4. The van der Waals surface area contributed by atoms with Crippen LogP contribution in [0.25, 0.3) is 117 Å². The van der Waals surface area contributed by atoms with Gasteiger partial charge in [0.1, 0.15) is 68.6 Å². The van der Waals surface area contributed by atoms with Crippen molar-refractivity contribution in [3.63, 3.8) is 0 Å². The van der Waals surface area contributed by atoms with Crippen LogP contribution in [0.4, 0.5) is 17.5 Å². The lowest BCUT2D eigenvalue weighted by Crippen LogP contribution is -2.54. The van der Waals surface area contributed by atoms with E-state index in [-0.39, 0.29) is 18.6 Å². The van der Waals surface area contributed by atoms with Crippen molar-refractivity contribution in [1.29, 1.82) is 0 Å². The number of pyridine rings is 3. The minimum Gasteiger partial charge on any atom is -0.395 e. The van der Waals surface area contributed by atoms with Crippen molar-refractivity contribution in [2.24, 2.45) is 0 Å². The fourth-order valence-corrected chi connectivity index (χ4v) is 18.3. The first kappa shape index (κ1) is 73.2. The highest BCUT2D eigenvalue weighted by Gasteiger charge is 2.42. The average Bonchev–Trinajstić information content (AvgIpc) is 1.62. The van der Waals surface area contributed by atoms with E-state index in [2.05, 4.69) is 175 Å². The Kier molecular flexibility index (Phi) is 20.0. The third kappa shape index (κ3) is 14.5. The van der Waals surface area contributed by atoms with Crippen LogP contribution in [-0.2, 0) is 4.79 Å². The number of likely N-dealkylation sites (tertiary alicyclic amines) is 1. The molecule has 23 heteroatoms. The summed E-state index contributed by atoms with van der Waals surface area (Å²) in [6.07, 6.45) is 19.3. The first-order valence-corrected chi connectivity index (χ1v) is 40.6. The maximum Gasteiger partial charge on any atom is 0.219 e. The summed E-state index contributed by atoms with van der Waals surface area (Å²) in [6, 6.07) is 64.0. The number of hydrogen-bond acceptors (Lipinski definition) is 19. The molecule has 0 bridgehead atoms. The molecule has 6 aromatic carbocycles. The second kappa shape index (κ2) is 31.4. The summed E-state index contributed by atoms with van der Waals surface area (Å²) in [5, 5.41) is 22.4. The number of aliphatic hydroxyl groups is 2. The number of rotatable bonds is 14. The van der Waals surface area contributed by atoms with E-state index >= 15 is 0 Å². The number of nitrogen functional groups attached to an aromatic ring is 3. The molecule has 0 atom stereocenters. The summed E-state index contributed by atoms with van der Waals surface area (Å²) in [5.41, 5.74) is 36.4. The van der Waals surface area contributed by atoms with Crippen molar-refractivity contribution < 1.29 is 15.0 Å². The van der Waals surface area contributed by atoms with E-state index in [9.17, 15) is 15.0 Å². The topological polar surface area (TPSA) is 281 Å². The number of aliphatic hydroxyl groups excluding tert-OH is 2. The molecule has 6 fully saturated rings. The number of fused-ring (bicyclic) bond motifs is 6. The van der Waals surface area contributed by atoms with Gasteiger partial charge in [-0.1, -0.05) is 146 Å². The highest BCUT2D eigenvalue weighted by molar-refractivity contribution is 5.95. The summed E-state index contributed by atoms with van der Waals surface area (Å²) < 4.78 is 6.41. The van der Waals surface area contributed by atoms with E-state index in [1.54, 1.807) is 25.5 Å². The molecule has 15 aromatic rings. The molecule has 12 heterocycles. The number of imidazole rings is 3. The quantitative estimate of drug-likeness (QED) is 0.0676. The minimum absolute atomic E-state index is 0.137. The third-order valence-electron chi connectivity index (χ3n) is 25.0. The number of carbonyl (C=O) groups is 1. The number of benzene rings is 6. The van der Waals surface area contributed by atoms with E-state index < -0.39 is 0 Å². The van der Waals surface area contributed by atoms with Crippen LogP contribution in [0.2, 0.25) is 0 Å². The van der Waals surface area contributed by atoms with Gasteiger partial charge in [0.15, 0.2) is 0 Å². The smallest absolute Gasteiger partial charge is 0.219 e. The number of nitrogens with two attached hydrogens (primary N) is 3. The SMILES string of the molecule is CC(=O)N1CCN(C2CC(c3nc(-c4ccc5ccc(-c6ccccc6)nc5c4)c4c(N)nccn34)C2)CC1.Nc1nccn2c(C3CC(N4CCC(O)CC4)C3)nc(-c3ccc4ccc(-c5ccccc5)nc4c3)c12.Nc1nccn2c(C3CC(N4CCN(CCO)CC4)C3)nc(-c3ccc4ccc(-c5ccccc5)nc4c3)c12. The second-order valence-electron chi connectivity index (χ2n) is 31.8. The second-order valence-corrected chi connectivity index (χ2v) is 31.8. The summed E-state index contributed by atoms with van der Waals surface area (Å²) >= 11 is 0. The average molecular weight is 1530 g/mol. The van der Waals surface area contributed by atoms with E-state index in [4.69, 9.17) is 47.1 Å². The van der Waals surface area contributed by atoms with Gasteiger partial charge in [0.05, 0.1) is 46.3 Å². The highest BCUT2D eigenvalue weighted by atomic mass is 16.3. The van der Waals surface area contributed by atoms with E-state index in [1.165, 1.54) is 0 Å². The van der Waals surface area contributed by atoms with Crippen molar-refractivity contribution in [2.45, 2.75) is 100 Å². The molecule has 3 aliphatic carbocycles. The lowest BCUT2D eigenvalue weighted by atomic mass is 9.78. The molecule has 115 heavy (non-hydrogen) atoms. The van der Waals surface area contributed by atoms with Crippen LogP contribution in [0, 0.1) is 0 Å².